The molecule has 0 aromatic carbocycles. The van der Waals surface area contributed by atoms with Gasteiger partial charge in [0.25, 0.3) is 0 Å². The summed E-state index contributed by atoms with van der Waals surface area (Å²) in [7, 11) is 2.10. The Labute approximate surface area is 86.9 Å². The molecule has 1 N–H and O–H groups in total. The van der Waals surface area contributed by atoms with E-state index in [0.717, 1.165) is 32.4 Å². The first-order valence-electron chi connectivity index (χ1n) is 5.70. The number of nitrogens with one attached hydrogen (secondary N) is 1. The van der Waals surface area contributed by atoms with E-state index in [2.05, 4.69) is 24.2 Å². The molecule has 1 heterocycles. The highest BCUT2D eigenvalue weighted by molar-refractivity contribution is 5.76. The Balaban J connectivity index is 2.08. The van der Waals surface area contributed by atoms with Gasteiger partial charge in [-0.1, -0.05) is 19.8 Å². The van der Waals surface area contributed by atoms with Gasteiger partial charge in [0.2, 0.25) is 5.91 Å². The number of likely N-dealkylation sites (N-methyl/N-ethyl adjacent to an activating group) is 1. The van der Waals surface area contributed by atoms with Gasteiger partial charge in [0.1, 0.15) is 0 Å². The summed E-state index contributed by atoms with van der Waals surface area (Å²) in [6, 6.07) is 0.397. The summed E-state index contributed by atoms with van der Waals surface area (Å²) in [5.74, 6) is 0.235. The summed E-state index contributed by atoms with van der Waals surface area (Å²) >= 11 is 0. The molecule has 1 saturated heterocycles. The summed E-state index contributed by atoms with van der Waals surface area (Å²) in [5, 5.41) is 3.09. The zero-order chi connectivity index (χ0) is 10.4. The van der Waals surface area contributed by atoms with Crippen LogP contribution in [0.3, 0.4) is 0 Å². The smallest absolute Gasteiger partial charge is 0.220 e. The van der Waals surface area contributed by atoms with Crippen LogP contribution in [0.1, 0.15) is 39.0 Å². The van der Waals surface area contributed by atoms with Gasteiger partial charge in [-0.15, -0.1) is 0 Å². The van der Waals surface area contributed by atoms with Gasteiger partial charge in [0.05, 0.1) is 0 Å². The lowest BCUT2D eigenvalue weighted by Gasteiger charge is -2.12. The van der Waals surface area contributed by atoms with Crippen molar-refractivity contribution in [2.24, 2.45) is 0 Å². The van der Waals surface area contributed by atoms with E-state index in [0.29, 0.717) is 12.5 Å². The first-order valence-corrected chi connectivity index (χ1v) is 5.70. The fourth-order valence-corrected chi connectivity index (χ4v) is 1.89. The molecule has 82 valence electrons. The van der Waals surface area contributed by atoms with Gasteiger partial charge in [0, 0.05) is 19.0 Å². The van der Waals surface area contributed by atoms with Crippen LogP contribution in [0.25, 0.3) is 0 Å². The first kappa shape index (κ1) is 11.5. The molecule has 0 radical (unpaired) electrons. The molecular weight excluding hydrogens is 176 g/mol. The van der Waals surface area contributed by atoms with E-state index in [-0.39, 0.29) is 5.91 Å². The molecule has 14 heavy (non-hydrogen) atoms. The molecule has 3 heteroatoms. The highest BCUT2D eigenvalue weighted by atomic mass is 16.1. The van der Waals surface area contributed by atoms with E-state index in [4.69, 9.17) is 0 Å². The molecule has 1 amide bonds. The van der Waals surface area contributed by atoms with Crippen molar-refractivity contribution in [2.45, 2.75) is 45.1 Å². The van der Waals surface area contributed by atoms with Crippen molar-refractivity contribution in [3.8, 4) is 0 Å². The minimum atomic E-state index is 0.235. The lowest BCUT2D eigenvalue weighted by Crippen LogP contribution is -2.36. The summed E-state index contributed by atoms with van der Waals surface area (Å²) in [6.07, 6.45) is 5.19. The number of likely N-dealkylation sites (tertiary alicyclic amines) is 1. The fraction of sp³-hybridized carbons (Fsp3) is 0.909. The Bertz CT molecular complexity index is 182. The van der Waals surface area contributed by atoms with Crippen molar-refractivity contribution in [3.05, 3.63) is 0 Å². The first-order chi connectivity index (χ1) is 6.72. The molecule has 1 unspecified atom stereocenters. The monoisotopic (exact) mass is 198 g/mol. The van der Waals surface area contributed by atoms with Crippen LogP contribution in [-0.2, 0) is 4.79 Å². The number of hydrogen-bond acceptors (Lipinski definition) is 2. The quantitative estimate of drug-likeness (QED) is 0.677. The predicted molar refractivity (Wildman–Crippen MR) is 58.2 cm³/mol. The normalized spacial score (nSPS) is 22.6. The second kappa shape index (κ2) is 6.02. The van der Waals surface area contributed by atoms with Crippen molar-refractivity contribution < 1.29 is 4.79 Å². The van der Waals surface area contributed by atoms with E-state index in [1.807, 2.05) is 0 Å². The zero-order valence-electron chi connectivity index (χ0n) is 9.38. The summed E-state index contributed by atoms with van der Waals surface area (Å²) in [5.41, 5.74) is 0. The third kappa shape index (κ3) is 4.09. The van der Waals surface area contributed by atoms with Crippen molar-refractivity contribution in [1.82, 2.24) is 10.2 Å². The highest BCUT2D eigenvalue weighted by Gasteiger charge is 2.20. The maximum Gasteiger partial charge on any atom is 0.220 e. The fourth-order valence-electron chi connectivity index (χ4n) is 1.89. The summed E-state index contributed by atoms with van der Waals surface area (Å²) < 4.78 is 0. The van der Waals surface area contributed by atoms with Gasteiger partial charge in [-0.2, -0.15) is 0 Å². The maximum absolute atomic E-state index is 11.5. The lowest BCUT2D eigenvalue weighted by molar-refractivity contribution is -0.121. The van der Waals surface area contributed by atoms with E-state index < -0.39 is 0 Å². The highest BCUT2D eigenvalue weighted by Crippen LogP contribution is 2.07. The summed E-state index contributed by atoms with van der Waals surface area (Å²) in [4.78, 5) is 13.7. The Morgan fingerprint density at radius 2 is 2.29 bits per heavy atom. The second-order valence-electron chi connectivity index (χ2n) is 4.27. The van der Waals surface area contributed by atoms with Crippen molar-refractivity contribution in [3.63, 3.8) is 0 Å². The van der Waals surface area contributed by atoms with E-state index in [1.54, 1.807) is 0 Å². The number of hydrogen-bond donors (Lipinski definition) is 1. The van der Waals surface area contributed by atoms with E-state index in [1.165, 1.54) is 6.42 Å². The third-order valence-corrected chi connectivity index (χ3v) is 2.76. The molecule has 0 bridgehead atoms. The van der Waals surface area contributed by atoms with Crippen LogP contribution in [0.5, 0.6) is 0 Å². The van der Waals surface area contributed by atoms with Crippen molar-refractivity contribution >= 4 is 5.91 Å². The standard InChI is InChI=1S/C11H22N2O/c1-3-4-5-6-11(14)12-10-7-8-13(2)9-10/h10H,3-9H2,1-2H3,(H,12,14). The number of carbonyl (C=O) groups excluding carboxylic acids is 1. The Morgan fingerprint density at radius 3 is 2.86 bits per heavy atom. The SMILES string of the molecule is CCCCCC(=O)NC1CCN(C)C1. The van der Waals surface area contributed by atoms with Gasteiger partial charge in [-0.3, -0.25) is 4.79 Å². The topological polar surface area (TPSA) is 32.3 Å². The molecule has 0 aromatic rings. The molecule has 1 atom stereocenters. The van der Waals surface area contributed by atoms with Gasteiger partial charge >= 0.3 is 0 Å². The number of carbonyl (C=O) groups is 1. The van der Waals surface area contributed by atoms with Crippen LogP contribution < -0.4 is 5.32 Å². The molecule has 0 saturated carbocycles. The predicted octanol–water partition coefficient (Wildman–Crippen LogP) is 1.39. The number of unbranched alkanes of at least 4 members (excludes halogenated alkanes) is 2. The molecular formula is C11H22N2O. The summed E-state index contributed by atoms with van der Waals surface area (Å²) in [6.45, 7) is 4.28. The van der Waals surface area contributed by atoms with Crippen LogP contribution in [0.15, 0.2) is 0 Å². The maximum atomic E-state index is 11.5. The molecule has 1 aliphatic rings. The van der Waals surface area contributed by atoms with Crippen LogP contribution in [0, 0.1) is 0 Å². The van der Waals surface area contributed by atoms with Crippen molar-refractivity contribution in [2.75, 3.05) is 20.1 Å². The van der Waals surface area contributed by atoms with Crippen LogP contribution in [0.4, 0.5) is 0 Å². The average Bonchev–Trinajstić information content (AvgIpc) is 2.52. The largest absolute Gasteiger partial charge is 0.352 e. The minimum Gasteiger partial charge on any atom is -0.352 e. The van der Waals surface area contributed by atoms with E-state index in [9.17, 15) is 4.79 Å². The Hall–Kier alpha value is -0.570. The Morgan fingerprint density at radius 1 is 1.50 bits per heavy atom. The van der Waals surface area contributed by atoms with Gasteiger partial charge in [0.15, 0.2) is 0 Å². The minimum absolute atomic E-state index is 0.235. The molecule has 1 aliphatic heterocycles. The van der Waals surface area contributed by atoms with E-state index >= 15 is 0 Å². The number of nitrogens with zero attached hydrogens (tertiary/aromatic N) is 1. The van der Waals surface area contributed by atoms with Gasteiger partial charge in [-0.05, 0) is 26.4 Å². The molecule has 1 rings (SSSR count). The average molecular weight is 198 g/mol. The van der Waals surface area contributed by atoms with Crippen LogP contribution in [0.2, 0.25) is 0 Å². The van der Waals surface area contributed by atoms with Gasteiger partial charge < -0.3 is 10.2 Å². The third-order valence-electron chi connectivity index (χ3n) is 2.76. The van der Waals surface area contributed by atoms with Crippen LogP contribution >= 0.6 is 0 Å². The molecule has 0 aromatic heterocycles. The molecule has 3 nitrogen and oxygen atoms in total. The molecule has 0 spiro atoms. The lowest BCUT2D eigenvalue weighted by atomic mass is 10.2. The molecule has 0 aliphatic carbocycles. The van der Waals surface area contributed by atoms with Gasteiger partial charge in [-0.25, -0.2) is 0 Å². The number of amides is 1. The number of rotatable bonds is 5. The molecule has 1 fully saturated rings. The van der Waals surface area contributed by atoms with Crippen molar-refractivity contribution in [1.29, 1.82) is 0 Å². The Kier molecular flexibility index (Phi) is 4.94. The zero-order valence-corrected chi connectivity index (χ0v) is 9.38. The second-order valence-corrected chi connectivity index (χ2v) is 4.27. The van der Waals surface area contributed by atoms with Crippen LogP contribution in [-0.4, -0.2) is 37.0 Å².